The molecular formula is C29H43N5O3Si. The number of rotatable bonds is 6. The zero-order valence-corrected chi connectivity index (χ0v) is 25.2. The Bertz CT molecular complexity index is 1250. The summed E-state index contributed by atoms with van der Waals surface area (Å²) < 4.78 is 14.2. The second kappa shape index (κ2) is 10.8. The van der Waals surface area contributed by atoms with Crippen LogP contribution >= 0.6 is 0 Å². The lowest BCUT2D eigenvalue weighted by atomic mass is 9.96. The van der Waals surface area contributed by atoms with E-state index in [0.717, 1.165) is 29.4 Å². The van der Waals surface area contributed by atoms with Crippen LogP contribution in [0.2, 0.25) is 18.1 Å². The number of fused-ring (bicyclic) bond motifs is 1. The zero-order chi connectivity index (χ0) is 27.7. The van der Waals surface area contributed by atoms with Crippen LogP contribution < -0.4 is 4.90 Å². The Morgan fingerprint density at radius 2 is 1.68 bits per heavy atom. The molecule has 0 N–H and O–H groups in total. The van der Waals surface area contributed by atoms with Crippen LogP contribution in [0.5, 0.6) is 0 Å². The molecule has 1 aliphatic carbocycles. The van der Waals surface area contributed by atoms with Crippen molar-refractivity contribution in [2.75, 3.05) is 4.90 Å². The van der Waals surface area contributed by atoms with E-state index in [9.17, 15) is 4.79 Å². The number of benzene rings is 1. The maximum atomic E-state index is 13.5. The van der Waals surface area contributed by atoms with Crippen molar-refractivity contribution >= 4 is 37.1 Å². The fraction of sp³-hybridized carbons (Fsp3) is 0.586. The highest BCUT2D eigenvalue weighted by Crippen LogP contribution is 2.37. The number of carbonyl (C=O) groups is 1. The molecule has 1 fully saturated rings. The molecule has 1 aromatic carbocycles. The highest BCUT2D eigenvalue weighted by molar-refractivity contribution is 6.74. The summed E-state index contributed by atoms with van der Waals surface area (Å²) in [5.41, 5.74) is 1.77. The predicted octanol–water partition coefficient (Wildman–Crippen LogP) is 7.93. The van der Waals surface area contributed by atoms with Crippen LogP contribution in [-0.2, 0) is 15.8 Å². The van der Waals surface area contributed by atoms with E-state index in [4.69, 9.17) is 14.1 Å². The van der Waals surface area contributed by atoms with Gasteiger partial charge in [-0.1, -0.05) is 52.2 Å². The fourth-order valence-electron chi connectivity index (χ4n) is 4.36. The zero-order valence-electron chi connectivity index (χ0n) is 24.2. The lowest BCUT2D eigenvalue weighted by molar-refractivity contribution is 0.0597. The molecule has 3 aromatic rings. The maximum absolute atomic E-state index is 13.5. The molecular weight excluding hydrogens is 494 g/mol. The summed E-state index contributed by atoms with van der Waals surface area (Å²) in [6.07, 6.45) is 8.85. The summed E-state index contributed by atoms with van der Waals surface area (Å²) in [5, 5.41) is 5.64. The van der Waals surface area contributed by atoms with Gasteiger partial charge in [0, 0.05) is 6.20 Å². The van der Waals surface area contributed by atoms with E-state index in [0.29, 0.717) is 18.3 Å². The van der Waals surface area contributed by atoms with E-state index < -0.39 is 20.0 Å². The van der Waals surface area contributed by atoms with Crippen LogP contribution in [0, 0.1) is 0 Å². The molecule has 9 heteroatoms. The standard InChI is InChI=1S/C29H43N5O3Si/c1-28(2,3)37-27(35)33(23-16-14-21(15-17-23)20-36-38(7,8)29(4,5)6)26-30-18-22-19-31-34(25(22)32-26)24-12-10-9-11-13-24/h14-19,24H,9-13,20H2,1-8H3. The van der Waals surface area contributed by atoms with Crippen molar-refractivity contribution in [2.24, 2.45) is 0 Å². The third kappa shape index (κ3) is 6.43. The minimum absolute atomic E-state index is 0.139. The molecule has 2 heterocycles. The topological polar surface area (TPSA) is 82.4 Å². The Kier molecular flexibility index (Phi) is 8.00. The normalized spacial score (nSPS) is 15.6. The first-order valence-corrected chi connectivity index (χ1v) is 16.6. The van der Waals surface area contributed by atoms with Crippen LogP contribution in [0.1, 0.15) is 85.3 Å². The van der Waals surface area contributed by atoms with Gasteiger partial charge < -0.3 is 9.16 Å². The van der Waals surface area contributed by atoms with Crippen molar-refractivity contribution in [3.05, 3.63) is 42.2 Å². The molecule has 0 spiro atoms. The number of aromatic nitrogens is 4. The van der Waals surface area contributed by atoms with Crippen LogP contribution in [-0.4, -0.2) is 39.8 Å². The summed E-state index contributed by atoms with van der Waals surface area (Å²) in [5.74, 6) is 0.273. The summed E-state index contributed by atoms with van der Waals surface area (Å²) in [7, 11) is -1.87. The van der Waals surface area contributed by atoms with Gasteiger partial charge in [-0.05, 0) is 69.4 Å². The molecule has 0 radical (unpaired) electrons. The molecule has 38 heavy (non-hydrogen) atoms. The van der Waals surface area contributed by atoms with E-state index in [1.54, 1.807) is 6.20 Å². The SMILES string of the molecule is CC(C)(C)OC(=O)N(c1ccc(CO[Si](C)(C)C(C)(C)C)cc1)c1ncc2cnn(C3CCCCC3)c2n1. The molecule has 0 saturated heterocycles. The van der Waals surface area contributed by atoms with Crippen LogP contribution in [0.15, 0.2) is 36.7 Å². The number of hydrogen-bond acceptors (Lipinski definition) is 6. The number of nitrogens with zero attached hydrogens (tertiary/aromatic N) is 5. The average Bonchev–Trinajstić information content (AvgIpc) is 3.26. The fourth-order valence-corrected chi connectivity index (χ4v) is 5.32. The minimum Gasteiger partial charge on any atom is -0.443 e. The van der Waals surface area contributed by atoms with Crippen molar-refractivity contribution in [1.82, 2.24) is 19.7 Å². The summed E-state index contributed by atoms with van der Waals surface area (Å²) in [6.45, 7) is 17.3. The van der Waals surface area contributed by atoms with Gasteiger partial charge >= 0.3 is 6.09 Å². The second-order valence-electron chi connectivity index (χ2n) is 12.9. The lowest BCUT2D eigenvalue weighted by Crippen LogP contribution is -2.40. The Morgan fingerprint density at radius 3 is 2.29 bits per heavy atom. The van der Waals surface area contributed by atoms with Gasteiger partial charge in [-0.3, -0.25) is 0 Å². The molecule has 8 nitrogen and oxygen atoms in total. The van der Waals surface area contributed by atoms with Gasteiger partial charge in [0.1, 0.15) is 5.60 Å². The van der Waals surface area contributed by atoms with Gasteiger partial charge in [-0.25, -0.2) is 19.4 Å². The van der Waals surface area contributed by atoms with Crippen molar-refractivity contribution in [2.45, 2.75) is 110 Å². The molecule has 1 saturated carbocycles. The summed E-state index contributed by atoms with van der Waals surface area (Å²) in [4.78, 5) is 24.3. The smallest absolute Gasteiger partial charge is 0.421 e. The van der Waals surface area contributed by atoms with E-state index in [2.05, 4.69) is 43.9 Å². The number of carbonyl (C=O) groups excluding carboxylic acids is 1. The first kappa shape index (κ1) is 28.2. The quantitative estimate of drug-likeness (QED) is 0.297. The predicted molar refractivity (Wildman–Crippen MR) is 154 cm³/mol. The first-order chi connectivity index (χ1) is 17.7. The van der Waals surface area contributed by atoms with Crippen LogP contribution in [0.3, 0.4) is 0 Å². The van der Waals surface area contributed by atoms with Crippen molar-refractivity contribution in [3.63, 3.8) is 0 Å². The van der Waals surface area contributed by atoms with Gasteiger partial charge in [0.05, 0.1) is 29.9 Å². The highest BCUT2D eigenvalue weighted by Gasteiger charge is 2.37. The number of anilines is 2. The third-order valence-corrected chi connectivity index (χ3v) is 12.1. The number of hydrogen-bond donors (Lipinski definition) is 0. The maximum Gasteiger partial charge on any atom is 0.421 e. The molecule has 0 bridgehead atoms. The van der Waals surface area contributed by atoms with Crippen LogP contribution in [0.4, 0.5) is 16.4 Å². The highest BCUT2D eigenvalue weighted by atomic mass is 28.4. The lowest BCUT2D eigenvalue weighted by Gasteiger charge is -2.36. The molecule has 0 aliphatic heterocycles. The Labute approximate surface area is 227 Å². The van der Waals surface area contributed by atoms with E-state index in [1.165, 1.54) is 24.2 Å². The minimum atomic E-state index is -1.87. The Balaban J connectivity index is 1.66. The van der Waals surface area contributed by atoms with Gasteiger partial charge in [-0.2, -0.15) is 10.1 Å². The Morgan fingerprint density at radius 1 is 1.03 bits per heavy atom. The summed E-state index contributed by atoms with van der Waals surface area (Å²) >= 11 is 0. The molecule has 1 amide bonds. The molecule has 0 atom stereocenters. The van der Waals surface area contributed by atoms with Crippen LogP contribution in [0.25, 0.3) is 11.0 Å². The van der Waals surface area contributed by atoms with Gasteiger partial charge in [0.2, 0.25) is 5.95 Å². The van der Waals surface area contributed by atoms with E-state index in [1.807, 2.05) is 55.9 Å². The average molecular weight is 538 g/mol. The van der Waals surface area contributed by atoms with Crippen molar-refractivity contribution in [3.8, 4) is 0 Å². The summed E-state index contributed by atoms with van der Waals surface area (Å²) in [6, 6.07) is 8.11. The van der Waals surface area contributed by atoms with Gasteiger partial charge in [0.25, 0.3) is 0 Å². The number of amides is 1. The van der Waals surface area contributed by atoms with Gasteiger partial charge in [-0.15, -0.1) is 0 Å². The van der Waals surface area contributed by atoms with E-state index in [-0.39, 0.29) is 11.0 Å². The molecule has 1 aliphatic rings. The third-order valence-electron chi connectivity index (χ3n) is 7.62. The van der Waals surface area contributed by atoms with E-state index >= 15 is 0 Å². The first-order valence-electron chi connectivity index (χ1n) is 13.7. The second-order valence-corrected chi connectivity index (χ2v) is 17.7. The van der Waals surface area contributed by atoms with Crippen molar-refractivity contribution in [1.29, 1.82) is 0 Å². The molecule has 4 rings (SSSR count). The molecule has 0 unspecified atom stereocenters. The van der Waals surface area contributed by atoms with Gasteiger partial charge in [0.15, 0.2) is 14.0 Å². The largest absolute Gasteiger partial charge is 0.443 e. The molecule has 2 aromatic heterocycles. The molecule has 206 valence electrons. The Hall–Kier alpha value is -2.78. The monoisotopic (exact) mass is 537 g/mol. The number of ether oxygens (including phenoxy) is 1. The van der Waals surface area contributed by atoms with Crippen molar-refractivity contribution < 1.29 is 14.0 Å².